The normalized spacial score (nSPS) is 15.2. The minimum atomic E-state index is -0.504. The van der Waals surface area contributed by atoms with Gasteiger partial charge in [0.15, 0.2) is 5.78 Å². The third kappa shape index (κ3) is 7.98. The van der Waals surface area contributed by atoms with Gasteiger partial charge in [0.25, 0.3) is 17.3 Å². The molecule has 0 aliphatic carbocycles. The summed E-state index contributed by atoms with van der Waals surface area (Å²) in [5, 5.41) is 22.1. The topological polar surface area (TPSA) is 136 Å². The molecule has 1 aliphatic heterocycles. The number of nitro benzene ring substituents is 2. The number of likely N-dealkylation sites (tertiary alicyclic amines) is 1. The molecule has 0 unspecified atom stereocenters. The van der Waals surface area contributed by atoms with Crippen LogP contribution in [0.3, 0.4) is 0 Å². The Kier molecular flexibility index (Phi) is 10.1. The van der Waals surface area contributed by atoms with Crippen molar-refractivity contribution in [2.75, 3.05) is 39.3 Å². The van der Waals surface area contributed by atoms with E-state index >= 15 is 0 Å². The van der Waals surface area contributed by atoms with E-state index < -0.39 is 9.85 Å². The summed E-state index contributed by atoms with van der Waals surface area (Å²) >= 11 is 0. The summed E-state index contributed by atoms with van der Waals surface area (Å²) in [5.74, 6) is 0.0825. The van der Waals surface area contributed by atoms with E-state index in [1.54, 1.807) is 41.3 Å². The van der Waals surface area contributed by atoms with E-state index in [0.717, 1.165) is 19.6 Å². The van der Waals surface area contributed by atoms with Crippen molar-refractivity contribution in [2.24, 2.45) is 0 Å². The summed E-state index contributed by atoms with van der Waals surface area (Å²) in [6.07, 6.45) is 3.23. The molecular formula is C32H32N4O7. The van der Waals surface area contributed by atoms with Crippen molar-refractivity contribution in [3.63, 3.8) is 0 Å². The van der Waals surface area contributed by atoms with E-state index in [1.165, 1.54) is 48.5 Å². The Morgan fingerprint density at radius 3 is 1.70 bits per heavy atom. The zero-order valence-corrected chi connectivity index (χ0v) is 24.0. The Morgan fingerprint density at radius 1 is 0.814 bits per heavy atom. The van der Waals surface area contributed by atoms with Gasteiger partial charge in [0.2, 0.25) is 0 Å². The maximum Gasteiger partial charge on any atom is 0.269 e. The van der Waals surface area contributed by atoms with Crippen LogP contribution < -0.4 is 4.74 Å². The van der Waals surface area contributed by atoms with Crippen molar-refractivity contribution >= 4 is 35.2 Å². The predicted octanol–water partition coefficient (Wildman–Crippen LogP) is 5.42. The molecule has 0 radical (unpaired) electrons. The quantitative estimate of drug-likeness (QED) is 0.166. The predicted molar refractivity (Wildman–Crippen MR) is 163 cm³/mol. The lowest BCUT2D eigenvalue weighted by molar-refractivity contribution is -0.385. The standard InChI is InChI=1S/C32H32N4O7/c1-3-33(4-2)17-18-43-30-15-9-25(10-16-30)32(38)34-21-26(19-23-5-11-28(12-6-23)35(39)40)31(37)27(22-34)20-24-7-13-29(14-8-24)36(41)42/h5-16,19-20H,3-4,17-18,21-22H2,1-2H3/b26-19+,27-20+. The number of hydrogen-bond donors (Lipinski definition) is 0. The van der Waals surface area contributed by atoms with Crippen LogP contribution in [0.5, 0.6) is 5.75 Å². The molecule has 0 aromatic heterocycles. The maximum absolute atomic E-state index is 13.6. The molecule has 4 rings (SSSR count). The van der Waals surface area contributed by atoms with Crippen molar-refractivity contribution in [3.05, 3.63) is 121 Å². The Bertz CT molecular complexity index is 1460. The zero-order chi connectivity index (χ0) is 30.9. The minimum Gasteiger partial charge on any atom is -0.492 e. The number of ether oxygens (including phenoxy) is 1. The number of rotatable bonds is 11. The van der Waals surface area contributed by atoms with Gasteiger partial charge in [0.1, 0.15) is 12.4 Å². The van der Waals surface area contributed by atoms with Gasteiger partial charge in [-0.05, 0) is 84.9 Å². The summed E-state index contributed by atoms with van der Waals surface area (Å²) in [6.45, 7) is 7.46. The number of hydrogen-bond acceptors (Lipinski definition) is 8. The molecule has 222 valence electrons. The average Bonchev–Trinajstić information content (AvgIpc) is 3.01. The van der Waals surface area contributed by atoms with Gasteiger partial charge in [-0.3, -0.25) is 29.8 Å². The molecule has 0 saturated carbocycles. The Labute approximate surface area is 249 Å². The van der Waals surface area contributed by atoms with Crippen LogP contribution in [0, 0.1) is 20.2 Å². The molecule has 1 fully saturated rings. The highest BCUT2D eigenvalue weighted by Gasteiger charge is 2.30. The largest absolute Gasteiger partial charge is 0.492 e. The molecule has 1 aliphatic rings. The first kappa shape index (κ1) is 30.8. The van der Waals surface area contributed by atoms with E-state index in [-0.39, 0.29) is 36.2 Å². The monoisotopic (exact) mass is 584 g/mol. The van der Waals surface area contributed by atoms with Crippen molar-refractivity contribution < 1.29 is 24.2 Å². The van der Waals surface area contributed by atoms with Crippen molar-refractivity contribution in [1.29, 1.82) is 0 Å². The third-order valence-electron chi connectivity index (χ3n) is 7.15. The second-order valence-electron chi connectivity index (χ2n) is 9.93. The smallest absolute Gasteiger partial charge is 0.269 e. The van der Waals surface area contributed by atoms with Gasteiger partial charge in [-0.2, -0.15) is 0 Å². The number of benzene rings is 3. The van der Waals surface area contributed by atoms with E-state index in [2.05, 4.69) is 18.7 Å². The lowest BCUT2D eigenvalue weighted by Crippen LogP contribution is -2.41. The maximum atomic E-state index is 13.6. The summed E-state index contributed by atoms with van der Waals surface area (Å²) in [7, 11) is 0. The first-order valence-corrected chi connectivity index (χ1v) is 13.9. The number of non-ortho nitro benzene ring substituents is 2. The van der Waals surface area contributed by atoms with Crippen LogP contribution in [0.4, 0.5) is 11.4 Å². The molecule has 11 nitrogen and oxygen atoms in total. The molecule has 1 heterocycles. The van der Waals surface area contributed by atoms with Crippen LogP contribution in [-0.2, 0) is 4.79 Å². The number of nitro groups is 2. The van der Waals surface area contributed by atoms with Gasteiger partial charge in [0, 0.05) is 47.5 Å². The fourth-order valence-electron chi connectivity index (χ4n) is 4.68. The van der Waals surface area contributed by atoms with E-state index in [4.69, 9.17) is 4.74 Å². The van der Waals surface area contributed by atoms with Gasteiger partial charge in [0.05, 0.1) is 22.9 Å². The van der Waals surface area contributed by atoms with Crippen LogP contribution in [0.15, 0.2) is 83.9 Å². The fourth-order valence-corrected chi connectivity index (χ4v) is 4.68. The minimum absolute atomic E-state index is 0.0361. The number of carbonyl (C=O) groups excluding carboxylic acids is 2. The van der Waals surface area contributed by atoms with Crippen molar-refractivity contribution in [3.8, 4) is 5.75 Å². The van der Waals surface area contributed by atoms with Crippen LogP contribution in [0.2, 0.25) is 0 Å². The second-order valence-corrected chi connectivity index (χ2v) is 9.93. The highest BCUT2D eigenvalue weighted by molar-refractivity contribution is 6.15. The van der Waals surface area contributed by atoms with Gasteiger partial charge in [-0.1, -0.05) is 13.8 Å². The first-order valence-electron chi connectivity index (χ1n) is 13.9. The van der Waals surface area contributed by atoms with Gasteiger partial charge in [-0.25, -0.2) is 0 Å². The summed E-state index contributed by atoms with van der Waals surface area (Å²) in [6, 6.07) is 18.4. The van der Waals surface area contributed by atoms with Crippen LogP contribution in [-0.4, -0.2) is 70.7 Å². The molecule has 43 heavy (non-hydrogen) atoms. The SMILES string of the molecule is CCN(CC)CCOc1ccc(C(=O)N2C/C(=C\c3ccc([N+](=O)[O-])cc3)C(=O)/C(=C/c3ccc([N+](=O)[O-])cc3)C2)cc1. The number of amides is 1. The Hall–Kier alpha value is -5.16. The van der Waals surface area contributed by atoms with E-state index in [1.807, 2.05) is 0 Å². The van der Waals surface area contributed by atoms with Crippen molar-refractivity contribution in [1.82, 2.24) is 9.80 Å². The average molecular weight is 585 g/mol. The second kappa shape index (κ2) is 14.1. The summed E-state index contributed by atoms with van der Waals surface area (Å²) in [5.41, 5.74) is 2.08. The number of likely N-dealkylation sites (N-methyl/N-ethyl adjacent to an activating group) is 1. The highest BCUT2D eigenvalue weighted by atomic mass is 16.6. The van der Waals surface area contributed by atoms with Gasteiger partial charge in [-0.15, -0.1) is 0 Å². The number of piperidine rings is 1. The number of nitrogens with zero attached hydrogens (tertiary/aromatic N) is 4. The molecule has 0 bridgehead atoms. The van der Waals surface area contributed by atoms with Crippen molar-refractivity contribution in [2.45, 2.75) is 13.8 Å². The summed E-state index contributed by atoms with van der Waals surface area (Å²) in [4.78, 5) is 52.0. The van der Waals surface area contributed by atoms with Gasteiger partial charge < -0.3 is 14.5 Å². The molecule has 0 atom stereocenters. The van der Waals surface area contributed by atoms with Crippen LogP contribution in [0.1, 0.15) is 35.3 Å². The first-order chi connectivity index (χ1) is 20.7. The molecule has 0 N–H and O–H groups in total. The van der Waals surface area contributed by atoms with E-state index in [0.29, 0.717) is 40.2 Å². The molecule has 1 amide bonds. The Balaban J connectivity index is 1.59. The highest BCUT2D eigenvalue weighted by Crippen LogP contribution is 2.25. The molecular weight excluding hydrogens is 552 g/mol. The molecule has 0 spiro atoms. The number of Topliss-reactive ketones (excluding diaryl/α,β-unsaturated/α-hetero) is 1. The number of carbonyl (C=O) groups is 2. The lowest BCUT2D eigenvalue weighted by atomic mass is 9.93. The van der Waals surface area contributed by atoms with Crippen LogP contribution >= 0.6 is 0 Å². The zero-order valence-electron chi connectivity index (χ0n) is 24.0. The molecule has 1 saturated heterocycles. The Morgan fingerprint density at radius 2 is 1.28 bits per heavy atom. The third-order valence-corrected chi connectivity index (χ3v) is 7.15. The summed E-state index contributed by atoms with van der Waals surface area (Å²) < 4.78 is 5.83. The van der Waals surface area contributed by atoms with Gasteiger partial charge >= 0.3 is 0 Å². The molecule has 3 aromatic rings. The fraction of sp³-hybridized carbons (Fsp3) is 0.250. The van der Waals surface area contributed by atoms with E-state index in [9.17, 15) is 29.8 Å². The molecule has 3 aromatic carbocycles. The number of ketones is 1. The molecule has 11 heteroatoms. The van der Waals surface area contributed by atoms with Crippen LogP contribution in [0.25, 0.3) is 12.2 Å². The lowest BCUT2D eigenvalue weighted by Gasteiger charge is -2.30.